The minimum Gasteiger partial charge on any atom is -0.409 e. The summed E-state index contributed by atoms with van der Waals surface area (Å²) in [5, 5.41) is 11.8. The first-order chi connectivity index (χ1) is 9.29. The Morgan fingerprint density at radius 1 is 1.37 bits per heavy atom. The first kappa shape index (κ1) is 12.0. The van der Waals surface area contributed by atoms with E-state index in [0.717, 1.165) is 16.9 Å². The van der Waals surface area contributed by atoms with Crippen molar-refractivity contribution in [2.75, 3.05) is 0 Å². The summed E-state index contributed by atoms with van der Waals surface area (Å²) in [6, 6.07) is 8.62. The van der Waals surface area contributed by atoms with Gasteiger partial charge >= 0.3 is 0 Å². The first-order valence-corrected chi connectivity index (χ1v) is 6.72. The average molecular weight is 258 g/mol. The molecule has 0 saturated heterocycles. The zero-order valence-corrected chi connectivity index (χ0v) is 10.8. The first-order valence-electron chi connectivity index (χ1n) is 6.72. The topological polar surface area (TPSA) is 76.4 Å². The molecule has 3 N–H and O–H groups in total. The van der Waals surface area contributed by atoms with E-state index in [2.05, 4.69) is 20.8 Å². The molecule has 2 aromatic rings. The van der Waals surface area contributed by atoms with Crippen LogP contribution in [0.25, 0.3) is 11.0 Å². The van der Waals surface area contributed by atoms with Gasteiger partial charge in [-0.05, 0) is 25.0 Å². The number of imidazole rings is 1. The summed E-state index contributed by atoms with van der Waals surface area (Å²) < 4.78 is 2.28. The summed E-state index contributed by atoms with van der Waals surface area (Å²) in [4.78, 5) is 4.64. The number of fused-ring (bicyclic) bond motifs is 1. The van der Waals surface area contributed by atoms with Gasteiger partial charge in [-0.25, -0.2) is 4.98 Å². The summed E-state index contributed by atoms with van der Waals surface area (Å²) in [7, 11) is 0. The molecule has 1 aromatic heterocycles. The van der Waals surface area contributed by atoms with Gasteiger partial charge in [-0.2, -0.15) is 0 Å². The lowest BCUT2D eigenvalue weighted by Crippen LogP contribution is -2.19. The van der Waals surface area contributed by atoms with Crippen LogP contribution in [0, 0.1) is 0 Å². The van der Waals surface area contributed by atoms with Crippen LogP contribution in [0.3, 0.4) is 0 Å². The molecule has 19 heavy (non-hydrogen) atoms. The molecule has 1 saturated carbocycles. The van der Waals surface area contributed by atoms with E-state index in [-0.39, 0.29) is 5.84 Å². The van der Waals surface area contributed by atoms with E-state index in [1.807, 2.05) is 18.2 Å². The highest BCUT2D eigenvalue weighted by molar-refractivity contribution is 5.83. The Balaban J connectivity index is 2.10. The van der Waals surface area contributed by atoms with E-state index in [1.54, 1.807) is 0 Å². The second-order valence-electron chi connectivity index (χ2n) is 5.09. The van der Waals surface area contributed by atoms with Gasteiger partial charge in [0, 0.05) is 6.04 Å². The van der Waals surface area contributed by atoms with Crippen molar-refractivity contribution in [3.8, 4) is 0 Å². The summed E-state index contributed by atoms with van der Waals surface area (Å²) >= 11 is 0. The predicted octanol–water partition coefficient (Wildman–Crippen LogP) is 2.44. The zero-order valence-electron chi connectivity index (χ0n) is 10.8. The molecule has 0 amide bonds. The predicted molar refractivity (Wildman–Crippen MR) is 74.4 cm³/mol. The average Bonchev–Trinajstić information content (AvgIpc) is 3.04. The van der Waals surface area contributed by atoms with Gasteiger partial charge < -0.3 is 15.5 Å². The molecule has 1 aliphatic rings. The quantitative estimate of drug-likeness (QED) is 0.384. The molecule has 1 aromatic carbocycles. The fourth-order valence-electron chi connectivity index (χ4n) is 2.99. The van der Waals surface area contributed by atoms with Crippen molar-refractivity contribution in [3.05, 3.63) is 30.1 Å². The van der Waals surface area contributed by atoms with Crippen LogP contribution in [0.1, 0.15) is 37.5 Å². The molecule has 0 atom stereocenters. The Kier molecular flexibility index (Phi) is 3.11. The standard InChI is InChI=1S/C14H18N4O/c15-13(17-19)9-14-16-11-7-3-4-8-12(11)18(14)10-5-1-2-6-10/h3-4,7-8,10,19H,1-2,5-6,9H2,(H2,15,17). The Morgan fingerprint density at radius 3 is 2.84 bits per heavy atom. The van der Waals surface area contributed by atoms with Crippen molar-refractivity contribution in [2.45, 2.75) is 38.1 Å². The third kappa shape index (κ3) is 2.16. The Labute approximate surface area is 111 Å². The smallest absolute Gasteiger partial charge is 0.146 e. The minimum absolute atomic E-state index is 0.203. The van der Waals surface area contributed by atoms with Gasteiger partial charge in [0.1, 0.15) is 11.7 Å². The van der Waals surface area contributed by atoms with E-state index >= 15 is 0 Å². The van der Waals surface area contributed by atoms with Crippen LogP contribution in [0.15, 0.2) is 29.4 Å². The number of hydrogen-bond acceptors (Lipinski definition) is 3. The van der Waals surface area contributed by atoms with Gasteiger partial charge in [-0.3, -0.25) is 0 Å². The molecule has 0 unspecified atom stereocenters. The van der Waals surface area contributed by atoms with Crippen LogP contribution in [0.5, 0.6) is 0 Å². The Bertz CT molecular complexity index is 611. The van der Waals surface area contributed by atoms with Crippen LogP contribution in [0.2, 0.25) is 0 Å². The molecule has 5 nitrogen and oxygen atoms in total. The molecule has 1 heterocycles. The van der Waals surface area contributed by atoms with Crippen molar-refractivity contribution < 1.29 is 5.21 Å². The summed E-state index contributed by atoms with van der Waals surface area (Å²) in [5.74, 6) is 1.10. The monoisotopic (exact) mass is 258 g/mol. The van der Waals surface area contributed by atoms with Crippen LogP contribution < -0.4 is 5.73 Å². The van der Waals surface area contributed by atoms with Crippen LogP contribution in [-0.4, -0.2) is 20.6 Å². The highest BCUT2D eigenvalue weighted by atomic mass is 16.4. The molecule has 3 rings (SSSR count). The molecule has 0 radical (unpaired) electrons. The molecular formula is C14H18N4O. The summed E-state index contributed by atoms with van der Waals surface area (Å²) in [6.07, 6.45) is 5.29. The number of benzene rings is 1. The van der Waals surface area contributed by atoms with Crippen molar-refractivity contribution in [2.24, 2.45) is 10.9 Å². The van der Waals surface area contributed by atoms with E-state index in [0.29, 0.717) is 12.5 Å². The van der Waals surface area contributed by atoms with Crippen LogP contribution >= 0.6 is 0 Å². The lowest BCUT2D eigenvalue weighted by Gasteiger charge is -2.16. The third-order valence-corrected chi connectivity index (χ3v) is 3.83. The lowest BCUT2D eigenvalue weighted by molar-refractivity contribution is 0.317. The fourth-order valence-corrected chi connectivity index (χ4v) is 2.99. The number of nitrogens with two attached hydrogens (primary N) is 1. The molecule has 5 heteroatoms. The number of amidine groups is 1. The van der Waals surface area contributed by atoms with Crippen LogP contribution in [-0.2, 0) is 6.42 Å². The zero-order chi connectivity index (χ0) is 13.2. The van der Waals surface area contributed by atoms with Crippen molar-refractivity contribution in [1.29, 1.82) is 0 Å². The molecule has 0 aliphatic heterocycles. The summed E-state index contributed by atoms with van der Waals surface area (Å²) in [5.41, 5.74) is 7.77. The van der Waals surface area contributed by atoms with Crippen molar-refractivity contribution in [3.63, 3.8) is 0 Å². The number of para-hydroxylation sites is 2. The van der Waals surface area contributed by atoms with Gasteiger partial charge in [0.2, 0.25) is 0 Å². The normalized spacial score (nSPS) is 17.4. The van der Waals surface area contributed by atoms with E-state index < -0.39 is 0 Å². The number of rotatable bonds is 3. The Hall–Kier alpha value is -2.04. The fraction of sp³-hybridized carbons (Fsp3) is 0.429. The van der Waals surface area contributed by atoms with Crippen molar-refractivity contribution >= 4 is 16.9 Å². The maximum absolute atomic E-state index is 8.75. The van der Waals surface area contributed by atoms with E-state index in [4.69, 9.17) is 10.9 Å². The molecule has 1 fully saturated rings. The lowest BCUT2D eigenvalue weighted by atomic mass is 10.2. The number of aromatic nitrogens is 2. The van der Waals surface area contributed by atoms with Gasteiger partial charge in [0.25, 0.3) is 0 Å². The minimum atomic E-state index is 0.203. The van der Waals surface area contributed by atoms with E-state index in [1.165, 1.54) is 25.7 Å². The highest BCUT2D eigenvalue weighted by Gasteiger charge is 2.22. The second-order valence-corrected chi connectivity index (χ2v) is 5.09. The largest absolute Gasteiger partial charge is 0.409 e. The maximum atomic E-state index is 8.75. The summed E-state index contributed by atoms with van der Waals surface area (Å²) in [6.45, 7) is 0. The van der Waals surface area contributed by atoms with Crippen molar-refractivity contribution in [1.82, 2.24) is 9.55 Å². The molecule has 100 valence electrons. The number of hydrogen-bond donors (Lipinski definition) is 2. The molecule has 1 aliphatic carbocycles. The van der Waals surface area contributed by atoms with Crippen LogP contribution in [0.4, 0.5) is 0 Å². The third-order valence-electron chi connectivity index (χ3n) is 3.83. The van der Waals surface area contributed by atoms with Gasteiger partial charge in [-0.15, -0.1) is 0 Å². The SMILES string of the molecule is NC(Cc1nc2ccccc2n1C1CCCC1)=NO. The maximum Gasteiger partial charge on any atom is 0.146 e. The molecule has 0 bridgehead atoms. The number of nitrogens with zero attached hydrogens (tertiary/aromatic N) is 3. The van der Waals surface area contributed by atoms with Gasteiger partial charge in [-0.1, -0.05) is 30.1 Å². The van der Waals surface area contributed by atoms with Gasteiger partial charge in [0.05, 0.1) is 17.5 Å². The molecular weight excluding hydrogens is 240 g/mol. The molecule has 0 spiro atoms. The highest BCUT2D eigenvalue weighted by Crippen LogP contribution is 2.33. The van der Waals surface area contributed by atoms with Gasteiger partial charge in [0.15, 0.2) is 0 Å². The second kappa shape index (κ2) is 4.91. The number of oxime groups is 1. The Morgan fingerprint density at radius 2 is 2.11 bits per heavy atom. The van der Waals surface area contributed by atoms with E-state index in [9.17, 15) is 0 Å².